The Bertz CT molecular complexity index is 735. The third-order valence-electron chi connectivity index (χ3n) is 2.60. The highest BCUT2D eigenvalue weighted by molar-refractivity contribution is 14.1. The van der Waals surface area contributed by atoms with Crippen molar-refractivity contribution in [3.05, 3.63) is 57.4 Å². The monoisotopic (exact) mass is 406 g/mol. The molecule has 0 aliphatic rings. The third-order valence-corrected chi connectivity index (χ3v) is 4.68. The van der Waals surface area contributed by atoms with E-state index in [0.29, 0.717) is 11.3 Å². The molecule has 106 valence electrons. The molecule has 0 fully saturated rings. The number of halogens is 2. The minimum atomic E-state index is -3.95. The van der Waals surface area contributed by atoms with Gasteiger partial charge in [-0.25, -0.2) is 12.8 Å². The SMILES string of the molecule is NCc1ccc(S(=O)(=O)Nc2cccc(I)c2)c(F)c1. The summed E-state index contributed by atoms with van der Waals surface area (Å²) < 4.78 is 41.4. The Kier molecular flexibility index (Phi) is 4.61. The summed E-state index contributed by atoms with van der Waals surface area (Å²) in [5.74, 6) is -0.814. The van der Waals surface area contributed by atoms with Crippen molar-refractivity contribution in [3.8, 4) is 0 Å². The van der Waals surface area contributed by atoms with Crippen molar-refractivity contribution in [2.75, 3.05) is 4.72 Å². The highest BCUT2D eigenvalue weighted by atomic mass is 127. The first kappa shape index (κ1) is 15.2. The maximum absolute atomic E-state index is 13.8. The molecule has 2 rings (SSSR count). The summed E-state index contributed by atoms with van der Waals surface area (Å²) in [6, 6.07) is 10.6. The molecule has 0 unspecified atom stereocenters. The Labute approximate surface area is 130 Å². The number of anilines is 1. The summed E-state index contributed by atoms with van der Waals surface area (Å²) in [4.78, 5) is -0.395. The zero-order chi connectivity index (χ0) is 14.8. The summed E-state index contributed by atoms with van der Waals surface area (Å²) in [5, 5.41) is 0. The molecule has 2 aromatic carbocycles. The topological polar surface area (TPSA) is 72.2 Å². The van der Waals surface area contributed by atoms with Gasteiger partial charge in [-0.05, 0) is 58.5 Å². The van der Waals surface area contributed by atoms with Gasteiger partial charge in [-0.1, -0.05) is 12.1 Å². The van der Waals surface area contributed by atoms with Crippen molar-refractivity contribution in [2.24, 2.45) is 5.73 Å². The van der Waals surface area contributed by atoms with E-state index in [1.54, 1.807) is 18.2 Å². The van der Waals surface area contributed by atoms with Crippen LogP contribution in [0.5, 0.6) is 0 Å². The van der Waals surface area contributed by atoms with Crippen LogP contribution < -0.4 is 10.5 Å². The van der Waals surface area contributed by atoms with Crippen molar-refractivity contribution in [1.82, 2.24) is 0 Å². The predicted molar refractivity (Wildman–Crippen MR) is 84.3 cm³/mol. The number of benzene rings is 2. The maximum atomic E-state index is 13.8. The lowest BCUT2D eigenvalue weighted by Gasteiger charge is -2.10. The van der Waals surface area contributed by atoms with Gasteiger partial charge in [0.1, 0.15) is 10.7 Å². The fourth-order valence-electron chi connectivity index (χ4n) is 1.65. The number of rotatable bonds is 4. The Morgan fingerprint density at radius 1 is 1.20 bits per heavy atom. The molecule has 0 bridgehead atoms. The Balaban J connectivity index is 2.36. The third kappa shape index (κ3) is 3.47. The van der Waals surface area contributed by atoms with Crippen molar-refractivity contribution < 1.29 is 12.8 Å². The zero-order valence-electron chi connectivity index (χ0n) is 10.3. The normalized spacial score (nSPS) is 11.3. The van der Waals surface area contributed by atoms with Crippen LogP contribution in [-0.2, 0) is 16.6 Å². The number of sulfonamides is 1. The highest BCUT2D eigenvalue weighted by Gasteiger charge is 2.19. The number of hydrogen-bond acceptors (Lipinski definition) is 3. The molecular weight excluding hydrogens is 394 g/mol. The van der Waals surface area contributed by atoms with Crippen LogP contribution in [0.25, 0.3) is 0 Å². The van der Waals surface area contributed by atoms with E-state index < -0.39 is 20.7 Å². The molecule has 4 nitrogen and oxygen atoms in total. The summed E-state index contributed by atoms with van der Waals surface area (Å²) in [6.45, 7) is 0.154. The van der Waals surface area contributed by atoms with Crippen LogP contribution in [0.2, 0.25) is 0 Å². The standard InChI is InChI=1S/C13H12FIN2O2S/c14-12-6-9(8-16)4-5-13(12)20(18,19)17-11-3-1-2-10(15)7-11/h1-7,17H,8,16H2. The van der Waals surface area contributed by atoms with Crippen LogP contribution in [0.1, 0.15) is 5.56 Å². The van der Waals surface area contributed by atoms with Crippen LogP contribution in [0.3, 0.4) is 0 Å². The van der Waals surface area contributed by atoms with Crippen molar-refractivity contribution in [2.45, 2.75) is 11.4 Å². The molecule has 0 heterocycles. The second kappa shape index (κ2) is 6.06. The van der Waals surface area contributed by atoms with Gasteiger partial charge in [0.05, 0.1) is 0 Å². The van der Waals surface area contributed by atoms with Crippen LogP contribution >= 0.6 is 22.6 Å². The first-order valence-corrected chi connectivity index (χ1v) is 8.25. The summed E-state index contributed by atoms with van der Waals surface area (Å²) >= 11 is 2.06. The molecular formula is C13H12FIN2O2S. The fourth-order valence-corrected chi connectivity index (χ4v) is 3.30. The first-order chi connectivity index (χ1) is 9.42. The van der Waals surface area contributed by atoms with E-state index >= 15 is 0 Å². The van der Waals surface area contributed by atoms with Gasteiger partial charge in [-0.2, -0.15) is 0 Å². The summed E-state index contributed by atoms with van der Waals surface area (Å²) in [7, 11) is -3.95. The molecule has 2 aromatic rings. The second-order valence-electron chi connectivity index (χ2n) is 4.08. The summed E-state index contributed by atoms with van der Waals surface area (Å²) in [6.07, 6.45) is 0. The molecule has 0 saturated heterocycles. The molecule has 0 radical (unpaired) electrons. The van der Waals surface area contributed by atoms with E-state index in [1.165, 1.54) is 12.1 Å². The molecule has 0 aliphatic heterocycles. The van der Waals surface area contributed by atoms with Crippen LogP contribution in [-0.4, -0.2) is 8.42 Å². The quantitative estimate of drug-likeness (QED) is 0.768. The number of nitrogens with one attached hydrogen (secondary N) is 1. The van der Waals surface area contributed by atoms with E-state index in [4.69, 9.17) is 5.73 Å². The Hall–Kier alpha value is -1.19. The minimum absolute atomic E-state index is 0.154. The van der Waals surface area contributed by atoms with Gasteiger partial charge in [-0.3, -0.25) is 4.72 Å². The predicted octanol–water partition coefficient (Wildman–Crippen LogP) is 2.69. The first-order valence-electron chi connectivity index (χ1n) is 5.69. The van der Waals surface area contributed by atoms with E-state index in [1.807, 2.05) is 6.07 Å². The van der Waals surface area contributed by atoms with E-state index in [-0.39, 0.29) is 6.54 Å². The lowest BCUT2D eigenvalue weighted by Crippen LogP contribution is -2.15. The van der Waals surface area contributed by atoms with Crippen molar-refractivity contribution in [3.63, 3.8) is 0 Å². The van der Waals surface area contributed by atoms with Gasteiger partial charge in [0.25, 0.3) is 10.0 Å². The Morgan fingerprint density at radius 2 is 1.95 bits per heavy atom. The van der Waals surface area contributed by atoms with E-state index in [0.717, 1.165) is 9.64 Å². The van der Waals surface area contributed by atoms with Gasteiger partial charge >= 0.3 is 0 Å². The molecule has 0 aliphatic carbocycles. The van der Waals surface area contributed by atoms with Crippen LogP contribution in [0, 0.1) is 9.39 Å². The lowest BCUT2D eigenvalue weighted by atomic mass is 10.2. The fraction of sp³-hybridized carbons (Fsp3) is 0.0769. The van der Waals surface area contributed by atoms with Gasteiger partial charge in [0, 0.05) is 15.8 Å². The molecule has 0 amide bonds. The molecule has 0 spiro atoms. The zero-order valence-corrected chi connectivity index (χ0v) is 13.3. The van der Waals surface area contributed by atoms with Gasteiger partial charge < -0.3 is 5.73 Å². The molecule has 3 N–H and O–H groups in total. The average molecular weight is 406 g/mol. The lowest BCUT2D eigenvalue weighted by molar-refractivity contribution is 0.569. The van der Waals surface area contributed by atoms with Gasteiger partial charge in [-0.15, -0.1) is 0 Å². The molecule has 0 saturated carbocycles. The molecule has 20 heavy (non-hydrogen) atoms. The van der Waals surface area contributed by atoms with Gasteiger partial charge in [0.15, 0.2) is 0 Å². The second-order valence-corrected chi connectivity index (χ2v) is 6.98. The molecule has 7 heteroatoms. The maximum Gasteiger partial charge on any atom is 0.264 e. The van der Waals surface area contributed by atoms with E-state index in [9.17, 15) is 12.8 Å². The van der Waals surface area contributed by atoms with Crippen molar-refractivity contribution in [1.29, 1.82) is 0 Å². The van der Waals surface area contributed by atoms with Crippen LogP contribution in [0.15, 0.2) is 47.4 Å². The Morgan fingerprint density at radius 3 is 2.55 bits per heavy atom. The molecule has 0 aromatic heterocycles. The van der Waals surface area contributed by atoms with Crippen molar-refractivity contribution >= 4 is 38.3 Å². The van der Waals surface area contributed by atoms with Gasteiger partial charge in [0.2, 0.25) is 0 Å². The van der Waals surface area contributed by atoms with E-state index in [2.05, 4.69) is 27.3 Å². The molecule has 0 atom stereocenters. The largest absolute Gasteiger partial charge is 0.326 e. The highest BCUT2D eigenvalue weighted by Crippen LogP contribution is 2.21. The smallest absolute Gasteiger partial charge is 0.264 e. The van der Waals surface area contributed by atoms with Crippen LogP contribution in [0.4, 0.5) is 10.1 Å². The number of hydrogen-bond donors (Lipinski definition) is 2. The summed E-state index contributed by atoms with van der Waals surface area (Å²) in [5.41, 5.74) is 6.31. The average Bonchev–Trinajstić information content (AvgIpc) is 2.37. The minimum Gasteiger partial charge on any atom is -0.326 e. The number of nitrogens with two attached hydrogens (primary N) is 1.